The van der Waals surface area contributed by atoms with Gasteiger partial charge >= 0.3 is 0 Å². The van der Waals surface area contributed by atoms with Crippen molar-refractivity contribution in [3.8, 4) is 0 Å². The third-order valence-electron chi connectivity index (χ3n) is 3.55. The number of benzene rings is 1. The van der Waals surface area contributed by atoms with Gasteiger partial charge in [-0.3, -0.25) is 0 Å². The summed E-state index contributed by atoms with van der Waals surface area (Å²) in [7, 11) is 3.84. The van der Waals surface area contributed by atoms with Gasteiger partial charge in [0.1, 0.15) is 0 Å². The molecule has 2 N–H and O–H groups in total. The molecule has 0 amide bonds. The van der Waals surface area contributed by atoms with Crippen molar-refractivity contribution >= 4 is 29.9 Å². The number of rotatable bonds is 9. The van der Waals surface area contributed by atoms with Gasteiger partial charge in [-0.1, -0.05) is 31.2 Å². The molecule has 0 spiro atoms. The Morgan fingerprint density at radius 2 is 2.00 bits per heavy atom. The molecule has 5 nitrogen and oxygen atoms in total. The first-order valence-electron chi connectivity index (χ1n) is 8.39. The van der Waals surface area contributed by atoms with Gasteiger partial charge in [0.05, 0.1) is 13.2 Å². The highest BCUT2D eigenvalue weighted by Gasteiger charge is 2.05. The van der Waals surface area contributed by atoms with E-state index >= 15 is 0 Å². The molecule has 24 heavy (non-hydrogen) atoms. The highest BCUT2D eigenvalue weighted by molar-refractivity contribution is 14.0. The summed E-state index contributed by atoms with van der Waals surface area (Å²) in [6.07, 6.45) is 0. The lowest BCUT2D eigenvalue weighted by Gasteiger charge is -2.17. The van der Waals surface area contributed by atoms with Crippen LogP contribution in [0.2, 0.25) is 0 Å². The maximum absolute atomic E-state index is 5.16. The van der Waals surface area contributed by atoms with Crippen LogP contribution in [0.3, 0.4) is 0 Å². The molecule has 6 heteroatoms. The minimum absolute atomic E-state index is 0. The Hall–Kier alpha value is -0.860. The van der Waals surface area contributed by atoms with E-state index < -0.39 is 0 Å². The Kier molecular flexibility index (Phi) is 13.0. The summed E-state index contributed by atoms with van der Waals surface area (Å²) in [5.41, 5.74) is 2.55. The molecule has 0 bridgehead atoms. The van der Waals surface area contributed by atoms with Crippen LogP contribution in [0.5, 0.6) is 0 Å². The van der Waals surface area contributed by atoms with Crippen molar-refractivity contribution in [2.45, 2.75) is 39.9 Å². The fraction of sp³-hybridized carbons (Fsp3) is 0.611. The molecule has 0 aliphatic rings. The second-order valence-corrected chi connectivity index (χ2v) is 5.85. The van der Waals surface area contributed by atoms with Gasteiger partial charge < -0.3 is 20.3 Å². The molecule has 0 aliphatic carbocycles. The van der Waals surface area contributed by atoms with Crippen LogP contribution >= 0.6 is 24.0 Å². The Morgan fingerprint density at radius 3 is 2.62 bits per heavy atom. The SMILES string of the molecule is CCNC(=NCc1cccc(CN(C)CC)c1)NC(C)COC.I. The number of hydrogen-bond donors (Lipinski definition) is 2. The van der Waals surface area contributed by atoms with Gasteiger partial charge in [0.15, 0.2) is 5.96 Å². The van der Waals surface area contributed by atoms with Gasteiger partial charge in [-0.15, -0.1) is 24.0 Å². The van der Waals surface area contributed by atoms with Gasteiger partial charge in [0, 0.05) is 26.2 Å². The van der Waals surface area contributed by atoms with Crippen LogP contribution in [0.15, 0.2) is 29.3 Å². The summed E-state index contributed by atoms with van der Waals surface area (Å²) >= 11 is 0. The van der Waals surface area contributed by atoms with Crippen LogP contribution in [0.4, 0.5) is 0 Å². The third kappa shape index (κ3) is 9.44. The zero-order valence-electron chi connectivity index (χ0n) is 15.6. The quantitative estimate of drug-likeness (QED) is 0.347. The molecule has 0 aliphatic heterocycles. The Labute approximate surface area is 164 Å². The predicted octanol–water partition coefficient (Wildman–Crippen LogP) is 2.85. The van der Waals surface area contributed by atoms with Crippen molar-refractivity contribution in [2.24, 2.45) is 4.99 Å². The average molecular weight is 448 g/mol. The molecule has 0 saturated heterocycles. The van der Waals surface area contributed by atoms with Crippen molar-refractivity contribution in [2.75, 3.05) is 33.9 Å². The van der Waals surface area contributed by atoms with Crippen molar-refractivity contribution in [1.29, 1.82) is 0 Å². The molecule has 138 valence electrons. The molecule has 1 aromatic rings. The molecule has 1 aromatic carbocycles. The first-order chi connectivity index (χ1) is 11.1. The standard InChI is InChI=1S/C18H32N4O.HI/c1-6-19-18(21-15(3)14-23-5)20-12-16-9-8-10-17(11-16)13-22(4)7-2;/h8-11,15H,6-7,12-14H2,1-5H3,(H2,19,20,21);1H. The minimum Gasteiger partial charge on any atom is -0.383 e. The first kappa shape index (κ1) is 23.1. The van der Waals surface area contributed by atoms with Gasteiger partial charge in [-0.05, 0) is 38.6 Å². The zero-order valence-corrected chi connectivity index (χ0v) is 18.0. The summed E-state index contributed by atoms with van der Waals surface area (Å²) in [5.74, 6) is 0.827. The minimum atomic E-state index is 0. The molecule has 0 radical (unpaired) electrons. The molecular formula is C18H33IN4O. The molecule has 0 fully saturated rings. The molecule has 1 atom stereocenters. The summed E-state index contributed by atoms with van der Waals surface area (Å²) in [4.78, 5) is 6.96. The number of aliphatic imine (C=N–C) groups is 1. The van der Waals surface area contributed by atoms with Crippen molar-refractivity contribution in [3.05, 3.63) is 35.4 Å². The molecule has 0 saturated carbocycles. The number of methoxy groups -OCH3 is 1. The van der Waals surface area contributed by atoms with E-state index in [1.54, 1.807) is 7.11 Å². The van der Waals surface area contributed by atoms with E-state index in [1.807, 2.05) is 0 Å². The summed E-state index contributed by atoms with van der Waals surface area (Å²) in [6, 6.07) is 8.86. The number of guanidine groups is 1. The fourth-order valence-corrected chi connectivity index (χ4v) is 2.27. The maximum atomic E-state index is 5.16. The van der Waals surface area contributed by atoms with Crippen LogP contribution < -0.4 is 10.6 Å². The van der Waals surface area contributed by atoms with Crippen molar-refractivity contribution in [1.82, 2.24) is 15.5 Å². The molecule has 0 aromatic heterocycles. The lowest BCUT2D eigenvalue weighted by molar-refractivity contribution is 0.179. The highest BCUT2D eigenvalue weighted by atomic mass is 127. The highest BCUT2D eigenvalue weighted by Crippen LogP contribution is 2.08. The monoisotopic (exact) mass is 448 g/mol. The van der Waals surface area contributed by atoms with E-state index in [0.717, 1.165) is 25.6 Å². The third-order valence-corrected chi connectivity index (χ3v) is 3.55. The fourth-order valence-electron chi connectivity index (χ4n) is 2.27. The van der Waals surface area contributed by atoms with E-state index in [1.165, 1.54) is 11.1 Å². The maximum Gasteiger partial charge on any atom is 0.191 e. The molecule has 1 rings (SSSR count). The van der Waals surface area contributed by atoms with E-state index in [0.29, 0.717) is 13.2 Å². The van der Waals surface area contributed by atoms with E-state index in [2.05, 4.69) is 72.6 Å². The number of hydrogen-bond acceptors (Lipinski definition) is 3. The lowest BCUT2D eigenvalue weighted by atomic mass is 10.1. The van der Waals surface area contributed by atoms with E-state index in [9.17, 15) is 0 Å². The summed E-state index contributed by atoms with van der Waals surface area (Å²) in [5, 5.41) is 6.62. The van der Waals surface area contributed by atoms with Crippen molar-refractivity contribution < 1.29 is 4.74 Å². The van der Waals surface area contributed by atoms with Gasteiger partial charge in [-0.25, -0.2) is 4.99 Å². The molecule has 0 heterocycles. The van der Waals surface area contributed by atoms with Crippen LogP contribution in [0, 0.1) is 0 Å². The number of nitrogens with zero attached hydrogens (tertiary/aromatic N) is 2. The number of halogens is 1. The number of nitrogens with one attached hydrogen (secondary N) is 2. The molecular weight excluding hydrogens is 415 g/mol. The van der Waals surface area contributed by atoms with E-state index in [4.69, 9.17) is 4.74 Å². The number of ether oxygens (including phenoxy) is 1. The van der Waals surface area contributed by atoms with Crippen LogP contribution in [-0.4, -0.2) is 50.8 Å². The topological polar surface area (TPSA) is 48.9 Å². The second kappa shape index (κ2) is 13.4. The summed E-state index contributed by atoms with van der Waals surface area (Å²) < 4.78 is 5.16. The zero-order chi connectivity index (χ0) is 17.1. The van der Waals surface area contributed by atoms with Crippen molar-refractivity contribution in [3.63, 3.8) is 0 Å². The first-order valence-corrected chi connectivity index (χ1v) is 8.39. The smallest absolute Gasteiger partial charge is 0.191 e. The second-order valence-electron chi connectivity index (χ2n) is 5.85. The normalized spacial score (nSPS) is 12.7. The van der Waals surface area contributed by atoms with E-state index in [-0.39, 0.29) is 30.0 Å². The van der Waals surface area contributed by atoms with Gasteiger partial charge in [0.25, 0.3) is 0 Å². The Morgan fingerprint density at radius 1 is 1.29 bits per heavy atom. The van der Waals surface area contributed by atoms with Crippen LogP contribution in [0.1, 0.15) is 31.9 Å². The Bertz CT molecular complexity index is 482. The molecule has 1 unspecified atom stereocenters. The van der Waals surface area contributed by atoms with Crippen LogP contribution in [0.25, 0.3) is 0 Å². The Balaban J connectivity index is 0.00000529. The van der Waals surface area contributed by atoms with Gasteiger partial charge in [-0.2, -0.15) is 0 Å². The van der Waals surface area contributed by atoms with Gasteiger partial charge in [0.2, 0.25) is 0 Å². The average Bonchev–Trinajstić information content (AvgIpc) is 2.53. The predicted molar refractivity (Wildman–Crippen MR) is 113 cm³/mol. The largest absolute Gasteiger partial charge is 0.383 e. The van der Waals surface area contributed by atoms with Crippen LogP contribution in [-0.2, 0) is 17.8 Å². The lowest BCUT2D eigenvalue weighted by Crippen LogP contribution is -2.43. The summed E-state index contributed by atoms with van der Waals surface area (Å²) in [6.45, 7) is 10.5.